The quantitative estimate of drug-likeness (QED) is 0.252. The van der Waals surface area contributed by atoms with E-state index in [0.717, 1.165) is 12.8 Å². The molecule has 0 unspecified atom stereocenters. The molecule has 0 aliphatic carbocycles. The van der Waals surface area contributed by atoms with Crippen molar-refractivity contribution < 1.29 is 24.6 Å². The Labute approximate surface area is 163 Å². The van der Waals surface area contributed by atoms with Crippen LogP contribution < -0.4 is 11.5 Å². The fraction of sp³-hybridized carbons (Fsp3) is 0.850. The van der Waals surface area contributed by atoms with Crippen molar-refractivity contribution in [2.24, 2.45) is 0 Å². The van der Waals surface area contributed by atoms with E-state index in [1.807, 2.05) is 0 Å². The fourth-order valence-corrected chi connectivity index (χ4v) is 2.94. The molecule has 27 heavy (non-hydrogen) atoms. The number of aliphatic carboxylic acids is 2. The van der Waals surface area contributed by atoms with Gasteiger partial charge in [-0.05, 0) is 6.42 Å². The van der Waals surface area contributed by atoms with Gasteiger partial charge in [-0.3, -0.25) is 9.59 Å². The number of hydrogen-bond donors (Lipinski definition) is 4. The molecule has 7 heteroatoms. The van der Waals surface area contributed by atoms with Crippen molar-refractivity contribution in [3.05, 3.63) is 0 Å². The van der Waals surface area contributed by atoms with E-state index < -0.39 is 24.4 Å². The first kappa shape index (κ1) is 27.6. The third-order valence-electron chi connectivity index (χ3n) is 4.52. The topological polar surface area (TPSA) is 139 Å². The van der Waals surface area contributed by atoms with Crippen LogP contribution in [0.5, 0.6) is 0 Å². The average molecular weight is 389 g/mol. The van der Waals surface area contributed by atoms with Crippen molar-refractivity contribution in [1.29, 1.82) is 0 Å². The van der Waals surface area contributed by atoms with Gasteiger partial charge >= 0.3 is 11.9 Å². The summed E-state index contributed by atoms with van der Waals surface area (Å²) in [6.45, 7) is 2.23. The second kappa shape index (κ2) is 19.1. The standard InChI is InChI=1S/C20H37NO5.H3N/c1-2-3-4-5-6-7-8-9-10-11-12-13-14-15-18(22)21-17(20(25)26)16-19(23)24;/h17H,2-16H2,1H3,(H,21,22)(H,23,24)(H,25,26);1H3/t17-;/m0./s1. The summed E-state index contributed by atoms with van der Waals surface area (Å²) in [4.78, 5) is 33.1. The number of hydrogen-bond acceptors (Lipinski definition) is 4. The number of carboxylic acids is 2. The summed E-state index contributed by atoms with van der Waals surface area (Å²) in [5, 5.41) is 19.8. The van der Waals surface area contributed by atoms with E-state index in [4.69, 9.17) is 10.2 Å². The lowest BCUT2D eigenvalue weighted by Gasteiger charge is -2.12. The highest BCUT2D eigenvalue weighted by atomic mass is 16.4. The number of carboxylic acid groups (broad SMARTS) is 2. The van der Waals surface area contributed by atoms with Crippen molar-refractivity contribution in [3.63, 3.8) is 0 Å². The van der Waals surface area contributed by atoms with Gasteiger partial charge in [-0.15, -0.1) is 0 Å². The van der Waals surface area contributed by atoms with E-state index in [9.17, 15) is 14.4 Å². The molecule has 0 aromatic heterocycles. The molecule has 6 N–H and O–H groups in total. The molecular formula is C20H40N2O5. The molecule has 0 bridgehead atoms. The first-order valence-corrected chi connectivity index (χ1v) is 10.2. The minimum absolute atomic E-state index is 0. The zero-order valence-corrected chi connectivity index (χ0v) is 17.0. The Morgan fingerprint density at radius 1 is 0.741 bits per heavy atom. The van der Waals surface area contributed by atoms with Crippen LogP contribution in [0.3, 0.4) is 0 Å². The van der Waals surface area contributed by atoms with Gasteiger partial charge < -0.3 is 21.7 Å². The molecule has 7 nitrogen and oxygen atoms in total. The van der Waals surface area contributed by atoms with Crippen LogP contribution in [-0.2, 0) is 14.4 Å². The second-order valence-electron chi connectivity index (χ2n) is 7.05. The zero-order chi connectivity index (χ0) is 19.6. The maximum Gasteiger partial charge on any atom is 0.326 e. The zero-order valence-electron chi connectivity index (χ0n) is 17.0. The molecule has 0 radical (unpaired) electrons. The molecule has 0 aliphatic heterocycles. The van der Waals surface area contributed by atoms with E-state index in [1.54, 1.807) is 0 Å². The Balaban J connectivity index is 0. The van der Waals surface area contributed by atoms with Crippen LogP contribution in [0.2, 0.25) is 0 Å². The van der Waals surface area contributed by atoms with Crippen LogP contribution in [-0.4, -0.2) is 34.1 Å². The van der Waals surface area contributed by atoms with Gasteiger partial charge in [0.1, 0.15) is 6.04 Å². The van der Waals surface area contributed by atoms with Crippen LogP contribution in [0, 0.1) is 0 Å². The molecule has 0 saturated carbocycles. The Kier molecular flexibility index (Phi) is 19.6. The summed E-state index contributed by atoms with van der Waals surface area (Å²) < 4.78 is 0. The number of nitrogens with one attached hydrogen (secondary N) is 1. The first-order chi connectivity index (χ1) is 12.5. The molecule has 0 aromatic carbocycles. The number of carbonyl (C=O) groups excluding carboxylic acids is 1. The van der Waals surface area contributed by atoms with Crippen LogP contribution in [0.25, 0.3) is 0 Å². The van der Waals surface area contributed by atoms with E-state index in [-0.39, 0.29) is 18.5 Å². The van der Waals surface area contributed by atoms with Gasteiger partial charge in [-0.2, -0.15) is 0 Å². The molecule has 160 valence electrons. The van der Waals surface area contributed by atoms with Crippen molar-refractivity contribution in [3.8, 4) is 0 Å². The molecule has 0 spiro atoms. The number of rotatable bonds is 18. The van der Waals surface area contributed by atoms with E-state index in [1.165, 1.54) is 64.2 Å². The summed E-state index contributed by atoms with van der Waals surface area (Å²) in [6.07, 6.45) is 15.5. The Morgan fingerprint density at radius 2 is 1.15 bits per heavy atom. The lowest BCUT2D eigenvalue weighted by Crippen LogP contribution is -2.42. The van der Waals surface area contributed by atoms with Gasteiger partial charge in [-0.1, -0.05) is 84.0 Å². The largest absolute Gasteiger partial charge is 0.481 e. The predicted octanol–water partition coefficient (Wildman–Crippen LogP) is 4.67. The maximum absolute atomic E-state index is 11.7. The van der Waals surface area contributed by atoms with Crippen LogP contribution >= 0.6 is 0 Å². The predicted molar refractivity (Wildman–Crippen MR) is 107 cm³/mol. The molecule has 0 aliphatic rings. The lowest BCUT2D eigenvalue weighted by molar-refractivity contribution is -0.147. The number of carbonyl (C=O) groups is 3. The minimum atomic E-state index is -1.35. The number of unbranched alkanes of at least 4 members (excludes halogenated alkanes) is 12. The van der Waals surface area contributed by atoms with Crippen LogP contribution in [0.1, 0.15) is 103 Å². The third kappa shape index (κ3) is 18.9. The summed E-state index contributed by atoms with van der Waals surface area (Å²) in [5.41, 5.74) is 0. The van der Waals surface area contributed by atoms with Gasteiger partial charge in [0.2, 0.25) is 5.91 Å². The monoisotopic (exact) mass is 388 g/mol. The Bertz CT molecular complexity index is 402. The highest BCUT2D eigenvalue weighted by molar-refractivity contribution is 5.86. The van der Waals surface area contributed by atoms with E-state index >= 15 is 0 Å². The normalized spacial score (nSPS) is 11.4. The summed E-state index contributed by atoms with van der Waals surface area (Å²) in [5.74, 6) is -2.94. The average Bonchev–Trinajstić information content (AvgIpc) is 2.58. The first-order valence-electron chi connectivity index (χ1n) is 10.2. The molecule has 0 aromatic rings. The summed E-state index contributed by atoms with van der Waals surface area (Å²) >= 11 is 0. The van der Waals surface area contributed by atoms with Gasteiger partial charge in [0.25, 0.3) is 0 Å². The van der Waals surface area contributed by atoms with E-state index in [2.05, 4.69) is 12.2 Å². The van der Waals surface area contributed by atoms with Crippen LogP contribution in [0.15, 0.2) is 0 Å². The molecule has 0 fully saturated rings. The van der Waals surface area contributed by atoms with Gasteiger partial charge in [0.05, 0.1) is 6.42 Å². The Morgan fingerprint density at radius 3 is 1.52 bits per heavy atom. The molecule has 0 heterocycles. The smallest absolute Gasteiger partial charge is 0.326 e. The maximum atomic E-state index is 11.7. The van der Waals surface area contributed by atoms with Crippen molar-refractivity contribution in [1.82, 2.24) is 11.5 Å². The minimum Gasteiger partial charge on any atom is -0.481 e. The highest BCUT2D eigenvalue weighted by Gasteiger charge is 2.22. The third-order valence-corrected chi connectivity index (χ3v) is 4.52. The van der Waals surface area contributed by atoms with Gasteiger partial charge in [0.15, 0.2) is 0 Å². The van der Waals surface area contributed by atoms with Crippen molar-refractivity contribution in [2.45, 2.75) is 109 Å². The van der Waals surface area contributed by atoms with Crippen molar-refractivity contribution in [2.75, 3.05) is 0 Å². The Hall–Kier alpha value is -1.63. The summed E-state index contributed by atoms with van der Waals surface area (Å²) in [7, 11) is 0. The SMILES string of the molecule is CCCCCCCCCCCCCCCC(=O)N[C@@H](CC(=O)O)C(=O)O.N. The highest BCUT2D eigenvalue weighted by Crippen LogP contribution is 2.13. The summed E-state index contributed by atoms with van der Waals surface area (Å²) in [6, 6.07) is -1.35. The van der Waals surface area contributed by atoms with Crippen LogP contribution in [0.4, 0.5) is 0 Å². The lowest BCUT2D eigenvalue weighted by atomic mass is 10.0. The molecule has 1 atom stereocenters. The fourth-order valence-electron chi connectivity index (χ4n) is 2.94. The second-order valence-corrected chi connectivity index (χ2v) is 7.05. The van der Waals surface area contributed by atoms with E-state index in [0.29, 0.717) is 6.42 Å². The molecular weight excluding hydrogens is 348 g/mol. The van der Waals surface area contributed by atoms with Crippen molar-refractivity contribution >= 4 is 17.8 Å². The van der Waals surface area contributed by atoms with Gasteiger partial charge in [0, 0.05) is 6.42 Å². The molecule has 0 rings (SSSR count). The van der Waals surface area contributed by atoms with Gasteiger partial charge in [-0.25, -0.2) is 4.79 Å². The molecule has 1 amide bonds. The number of amides is 1. The molecule has 0 saturated heterocycles.